The summed E-state index contributed by atoms with van der Waals surface area (Å²) in [6.07, 6.45) is -6.78. The summed E-state index contributed by atoms with van der Waals surface area (Å²) in [4.78, 5) is 29.6. The van der Waals surface area contributed by atoms with Crippen LogP contribution < -0.4 is 10.6 Å². The Morgan fingerprint density at radius 2 is 1.79 bits per heavy atom. The summed E-state index contributed by atoms with van der Waals surface area (Å²) in [5.41, 5.74) is 0.882. The smallest absolute Gasteiger partial charge is 0.369 e. The predicted octanol–water partition coefficient (Wildman–Crippen LogP) is 5.60. The Kier molecular flexibility index (Phi) is 8.13. The molecule has 15 heteroatoms. The molecule has 3 aromatic rings. The molecule has 2 aliphatic carbocycles. The highest BCUT2D eigenvalue weighted by molar-refractivity contribution is 5.94. The molecule has 0 aliphatic heterocycles. The van der Waals surface area contributed by atoms with Crippen LogP contribution in [0.1, 0.15) is 90.3 Å². The minimum atomic E-state index is -4.54. The van der Waals surface area contributed by atoms with Gasteiger partial charge in [0.25, 0.3) is 11.8 Å². The molecule has 3 atom stereocenters. The molecule has 0 radical (unpaired) electrons. The third kappa shape index (κ3) is 7.43. The Labute approximate surface area is 240 Å². The van der Waals surface area contributed by atoms with Gasteiger partial charge in [0.2, 0.25) is 11.8 Å². The summed E-state index contributed by atoms with van der Waals surface area (Å²) in [5, 5.41) is 19.3. The van der Waals surface area contributed by atoms with Gasteiger partial charge < -0.3 is 15.7 Å². The number of rotatable bonds is 9. The lowest BCUT2D eigenvalue weighted by Gasteiger charge is -2.33. The molecule has 2 heterocycles. The summed E-state index contributed by atoms with van der Waals surface area (Å²) in [6, 6.07) is 6.34. The van der Waals surface area contributed by atoms with E-state index in [0.717, 1.165) is 0 Å². The monoisotopic (exact) mass is 615 g/mol. The van der Waals surface area contributed by atoms with Crippen LogP contribution in [-0.2, 0) is 4.79 Å². The van der Waals surface area contributed by atoms with Crippen LogP contribution in [0.15, 0.2) is 42.7 Å². The van der Waals surface area contributed by atoms with E-state index in [-0.39, 0.29) is 41.7 Å². The number of fused-ring (bicyclic) bond motifs is 1. The number of benzene rings is 1. The minimum absolute atomic E-state index is 0.0246. The zero-order valence-corrected chi connectivity index (χ0v) is 22.6. The second-order valence-electron chi connectivity index (χ2n) is 11.1. The van der Waals surface area contributed by atoms with Gasteiger partial charge in [-0.3, -0.25) is 9.59 Å². The molecule has 43 heavy (non-hydrogen) atoms. The molecule has 1 unspecified atom stereocenters. The molecular formula is C28H28F7N5O3. The van der Waals surface area contributed by atoms with E-state index in [2.05, 4.69) is 20.7 Å². The molecule has 2 saturated carbocycles. The Morgan fingerprint density at radius 3 is 2.44 bits per heavy atom. The average molecular weight is 616 g/mol. The van der Waals surface area contributed by atoms with E-state index in [9.17, 15) is 45.4 Å². The van der Waals surface area contributed by atoms with Crippen molar-refractivity contribution in [1.82, 2.24) is 25.2 Å². The molecule has 232 valence electrons. The number of aliphatic hydroxyl groups is 1. The Hall–Kier alpha value is -3.75. The molecule has 1 aromatic carbocycles. The SMILES string of the molecule is O=C(CCC(F)(F)F)N[C@H](O)c1cnn2cc([C@@H](NC(=O)c3cccc(C4CC4(F)F)c3)C3CCC(F)(F)CC3)nc2c1. The lowest BCUT2D eigenvalue weighted by molar-refractivity contribution is -0.145. The second kappa shape index (κ2) is 11.4. The van der Waals surface area contributed by atoms with Crippen molar-refractivity contribution in [2.75, 3.05) is 0 Å². The first-order chi connectivity index (χ1) is 20.1. The maximum atomic E-state index is 14.0. The van der Waals surface area contributed by atoms with Crippen molar-refractivity contribution in [3.05, 3.63) is 65.1 Å². The first-order valence-electron chi connectivity index (χ1n) is 13.7. The summed E-state index contributed by atoms with van der Waals surface area (Å²) in [6.45, 7) is 0. The maximum Gasteiger partial charge on any atom is 0.389 e. The lowest BCUT2D eigenvalue weighted by atomic mass is 9.81. The molecule has 2 amide bonds. The molecule has 0 bridgehead atoms. The van der Waals surface area contributed by atoms with E-state index in [4.69, 9.17) is 0 Å². The lowest BCUT2D eigenvalue weighted by Crippen LogP contribution is -2.37. The number of imidazole rings is 1. The summed E-state index contributed by atoms with van der Waals surface area (Å²) < 4.78 is 93.6. The van der Waals surface area contributed by atoms with Crippen LogP contribution in [0, 0.1) is 5.92 Å². The molecule has 8 nitrogen and oxygen atoms in total. The van der Waals surface area contributed by atoms with Crippen LogP contribution in [0.4, 0.5) is 30.7 Å². The number of carbonyl (C=O) groups is 2. The van der Waals surface area contributed by atoms with E-state index in [1.807, 2.05) is 0 Å². The van der Waals surface area contributed by atoms with Crippen molar-refractivity contribution in [3.8, 4) is 0 Å². The fourth-order valence-electron chi connectivity index (χ4n) is 5.30. The number of nitrogens with zero attached hydrogens (tertiary/aromatic N) is 3. The van der Waals surface area contributed by atoms with Gasteiger partial charge in [-0.15, -0.1) is 0 Å². The van der Waals surface area contributed by atoms with E-state index in [1.54, 1.807) is 0 Å². The first kappa shape index (κ1) is 30.7. The van der Waals surface area contributed by atoms with E-state index in [0.29, 0.717) is 5.56 Å². The quantitative estimate of drug-likeness (QED) is 0.215. The summed E-state index contributed by atoms with van der Waals surface area (Å²) >= 11 is 0. The van der Waals surface area contributed by atoms with Crippen molar-refractivity contribution in [3.63, 3.8) is 0 Å². The van der Waals surface area contributed by atoms with Gasteiger partial charge in [0.1, 0.15) is 0 Å². The highest BCUT2D eigenvalue weighted by Gasteiger charge is 2.57. The van der Waals surface area contributed by atoms with Gasteiger partial charge in [0.05, 0.1) is 36.5 Å². The molecule has 2 aliphatic rings. The number of hydrogen-bond acceptors (Lipinski definition) is 5. The standard InChI is InChI=1S/C28H28F7N5O3/c29-26(30)7-4-15(5-8-26)23(39-24(42)17-3-1-2-16(10-17)19-12-27(19,31)32)20-14-40-21(37-20)11-18(13-36-40)25(43)38-22(41)6-9-28(33,34)35/h1-3,10-11,13-15,19,23,25,43H,4-9,12H2,(H,38,41)(H,39,42)/t19?,23-,25+/m0/s1. The number of alkyl halides is 7. The highest BCUT2D eigenvalue weighted by atomic mass is 19.4. The third-order valence-electron chi connectivity index (χ3n) is 7.82. The van der Waals surface area contributed by atoms with E-state index >= 15 is 0 Å². The van der Waals surface area contributed by atoms with Crippen molar-refractivity contribution in [2.24, 2.45) is 5.92 Å². The normalized spacial score (nSPS) is 21.3. The van der Waals surface area contributed by atoms with Gasteiger partial charge in [0, 0.05) is 36.8 Å². The van der Waals surface area contributed by atoms with Crippen LogP contribution in [0.3, 0.4) is 0 Å². The van der Waals surface area contributed by atoms with Crippen LogP contribution in [0.5, 0.6) is 0 Å². The van der Waals surface area contributed by atoms with Crippen LogP contribution in [0.2, 0.25) is 0 Å². The Balaban J connectivity index is 1.36. The van der Waals surface area contributed by atoms with Gasteiger partial charge in [-0.1, -0.05) is 12.1 Å². The van der Waals surface area contributed by atoms with Crippen LogP contribution in [0.25, 0.3) is 5.65 Å². The first-order valence-corrected chi connectivity index (χ1v) is 13.7. The van der Waals surface area contributed by atoms with Crippen molar-refractivity contribution in [2.45, 2.75) is 81.2 Å². The van der Waals surface area contributed by atoms with Gasteiger partial charge in [-0.2, -0.15) is 18.3 Å². The third-order valence-corrected chi connectivity index (χ3v) is 7.82. The second-order valence-corrected chi connectivity index (χ2v) is 11.1. The molecule has 3 N–H and O–H groups in total. The molecule has 0 saturated heterocycles. The van der Waals surface area contributed by atoms with Crippen molar-refractivity contribution >= 4 is 17.5 Å². The number of carbonyl (C=O) groups excluding carboxylic acids is 2. The molecule has 0 spiro atoms. The van der Waals surface area contributed by atoms with E-state index in [1.165, 1.54) is 47.2 Å². The number of halogens is 7. The Bertz CT molecular complexity index is 1500. The predicted molar refractivity (Wildman–Crippen MR) is 137 cm³/mol. The van der Waals surface area contributed by atoms with Crippen molar-refractivity contribution in [1.29, 1.82) is 0 Å². The fourth-order valence-corrected chi connectivity index (χ4v) is 5.30. The van der Waals surface area contributed by atoms with Gasteiger partial charge >= 0.3 is 6.18 Å². The number of hydrogen-bond donors (Lipinski definition) is 3. The Morgan fingerprint density at radius 1 is 1.09 bits per heavy atom. The van der Waals surface area contributed by atoms with Crippen LogP contribution >= 0.6 is 0 Å². The average Bonchev–Trinajstić information content (AvgIpc) is 3.37. The van der Waals surface area contributed by atoms with Crippen molar-refractivity contribution < 1.29 is 45.4 Å². The molecule has 2 fully saturated rings. The molecule has 5 rings (SSSR count). The molecular weight excluding hydrogens is 587 g/mol. The zero-order valence-electron chi connectivity index (χ0n) is 22.6. The number of amides is 2. The number of aromatic nitrogens is 3. The minimum Gasteiger partial charge on any atom is -0.369 e. The van der Waals surface area contributed by atoms with Gasteiger partial charge in [-0.05, 0) is 42.5 Å². The largest absolute Gasteiger partial charge is 0.389 e. The van der Waals surface area contributed by atoms with Gasteiger partial charge in [0.15, 0.2) is 11.9 Å². The molecule has 2 aromatic heterocycles. The number of aliphatic hydroxyl groups excluding tert-OH is 1. The summed E-state index contributed by atoms with van der Waals surface area (Å²) in [5.74, 6) is -8.71. The van der Waals surface area contributed by atoms with Crippen LogP contribution in [-0.4, -0.2) is 49.5 Å². The highest BCUT2D eigenvalue weighted by Crippen LogP contribution is 2.55. The number of nitrogens with one attached hydrogen (secondary N) is 2. The fraction of sp³-hybridized carbons (Fsp3) is 0.500. The zero-order chi connectivity index (χ0) is 31.2. The van der Waals surface area contributed by atoms with E-state index < -0.39 is 79.6 Å². The maximum absolute atomic E-state index is 14.0. The summed E-state index contributed by atoms with van der Waals surface area (Å²) in [7, 11) is 0. The topological polar surface area (TPSA) is 109 Å². The van der Waals surface area contributed by atoms with Gasteiger partial charge in [-0.25, -0.2) is 27.1 Å².